The van der Waals surface area contributed by atoms with Crippen LogP contribution in [-0.4, -0.2) is 60.9 Å². The third-order valence-electron chi connectivity index (χ3n) is 4.77. The molecule has 1 fully saturated rings. The fraction of sp³-hybridized carbons (Fsp3) is 0.316. The average Bonchev–Trinajstić information content (AvgIpc) is 3.24. The lowest BCUT2D eigenvalue weighted by atomic mass is 10.0. The predicted octanol–water partition coefficient (Wildman–Crippen LogP) is 1.07. The Morgan fingerprint density at radius 3 is 2.74 bits per heavy atom. The van der Waals surface area contributed by atoms with Crippen LogP contribution in [0.15, 0.2) is 45.9 Å². The largest absolute Gasteiger partial charge is 0.477 e. The molecular formula is C19H19N5O4S3. The number of hydrogen-bond acceptors (Lipinski definition) is 9. The molecule has 2 atom stereocenters. The number of carboxylic acid groups (broad SMARTS) is 1. The van der Waals surface area contributed by atoms with Crippen LogP contribution in [0, 0.1) is 0 Å². The molecule has 2 aliphatic rings. The first-order valence-electron chi connectivity index (χ1n) is 9.36. The summed E-state index contributed by atoms with van der Waals surface area (Å²) in [5.41, 5.74) is 7.03. The number of β-lactam (4-membered cyclic amide) rings is 1. The van der Waals surface area contributed by atoms with Gasteiger partial charge < -0.3 is 16.2 Å². The van der Waals surface area contributed by atoms with Gasteiger partial charge >= 0.3 is 5.97 Å². The molecule has 0 aliphatic carbocycles. The van der Waals surface area contributed by atoms with Crippen LogP contribution in [-0.2, 0) is 27.3 Å². The molecular weight excluding hydrogens is 458 g/mol. The second kappa shape index (κ2) is 9.39. The zero-order valence-electron chi connectivity index (χ0n) is 16.2. The van der Waals surface area contributed by atoms with Gasteiger partial charge in [0.2, 0.25) is 5.91 Å². The van der Waals surface area contributed by atoms with Crippen LogP contribution >= 0.6 is 34.9 Å². The quantitative estimate of drug-likeness (QED) is 0.376. The minimum Gasteiger partial charge on any atom is -0.477 e. The highest BCUT2D eigenvalue weighted by Gasteiger charge is 2.54. The fourth-order valence-corrected chi connectivity index (χ4v) is 6.59. The van der Waals surface area contributed by atoms with E-state index in [1.807, 2.05) is 30.3 Å². The highest BCUT2D eigenvalue weighted by molar-refractivity contribution is 8.01. The van der Waals surface area contributed by atoms with Crippen molar-refractivity contribution in [2.24, 2.45) is 5.73 Å². The average molecular weight is 478 g/mol. The number of fused-ring (bicyclic) bond motifs is 1. The summed E-state index contributed by atoms with van der Waals surface area (Å²) < 4.78 is 0.700. The van der Waals surface area contributed by atoms with Gasteiger partial charge in [-0.25, -0.2) is 4.79 Å². The number of benzene rings is 1. The van der Waals surface area contributed by atoms with Gasteiger partial charge in [-0.2, -0.15) is 0 Å². The molecule has 2 aliphatic heterocycles. The smallest absolute Gasteiger partial charge is 0.352 e. The summed E-state index contributed by atoms with van der Waals surface area (Å²) >= 11 is 4.19. The third-order valence-corrected chi connectivity index (χ3v) is 8.27. The molecule has 0 spiro atoms. The van der Waals surface area contributed by atoms with Crippen LogP contribution in [0.4, 0.5) is 0 Å². The fourth-order valence-electron chi connectivity index (χ4n) is 3.33. The molecule has 0 bridgehead atoms. The molecule has 1 saturated heterocycles. The number of amides is 2. The van der Waals surface area contributed by atoms with Crippen molar-refractivity contribution in [3.63, 3.8) is 0 Å². The number of nitrogens with one attached hydrogen (secondary N) is 1. The number of rotatable bonds is 8. The number of aliphatic carboxylic acids is 1. The number of aromatic nitrogens is 2. The maximum Gasteiger partial charge on any atom is 0.352 e. The van der Waals surface area contributed by atoms with Crippen LogP contribution in [0.1, 0.15) is 10.6 Å². The first-order chi connectivity index (χ1) is 15.0. The standard InChI is InChI=1S/C19H19N5O4S3/c20-7-13-22-23-19(31-13)30-9-11-8-29-17-14(16(26)24(17)15(11)18(27)28)21-12(25)6-10-4-2-1-3-5-10/h1-5,14,17H,6-9,20H2,(H,21,25)(H,27,28)/t14?,17-/m0/s1. The van der Waals surface area contributed by atoms with Gasteiger partial charge in [0.05, 0.1) is 6.42 Å². The van der Waals surface area contributed by atoms with Gasteiger partial charge in [0.15, 0.2) is 4.34 Å². The van der Waals surface area contributed by atoms with Gasteiger partial charge in [-0.15, -0.1) is 22.0 Å². The predicted molar refractivity (Wildman–Crippen MR) is 118 cm³/mol. The van der Waals surface area contributed by atoms with Gasteiger partial charge in [-0.05, 0) is 11.1 Å². The van der Waals surface area contributed by atoms with Gasteiger partial charge in [-0.1, -0.05) is 53.4 Å². The lowest BCUT2D eigenvalue weighted by molar-refractivity contribution is -0.150. The molecule has 4 rings (SSSR count). The molecule has 2 aromatic rings. The van der Waals surface area contributed by atoms with Crippen molar-refractivity contribution in [2.45, 2.75) is 28.7 Å². The summed E-state index contributed by atoms with van der Waals surface area (Å²) in [5.74, 6) is -0.978. The monoisotopic (exact) mass is 477 g/mol. The van der Waals surface area contributed by atoms with Crippen LogP contribution in [0.2, 0.25) is 0 Å². The third kappa shape index (κ3) is 4.61. The Kier molecular flexibility index (Phi) is 6.60. The van der Waals surface area contributed by atoms with Crippen molar-refractivity contribution < 1.29 is 19.5 Å². The van der Waals surface area contributed by atoms with Gasteiger partial charge in [0, 0.05) is 18.1 Å². The molecule has 9 nitrogen and oxygen atoms in total. The van der Waals surface area contributed by atoms with E-state index in [1.165, 1.54) is 39.8 Å². The molecule has 12 heteroatoms. The minimum absolute atomic E-state index is 0.00151. The van der Waals surface area contributed by atoms with E-state index < -0.39 is 23.3 Å². The van der Waals surface area contributed by atoms with Crippen molar-refractivity contribution >= 4 is 52.6 Å². The number of thioether (sulfide) groups is 2. The number of carbonyl (C=O) groups is 3. The zero-order valence-corrected chi connectivity index (χ0v) is 18.6. The highest BCUT2D eigenvalue weighted by atomic mass is 32.2. The molecule has 1 aromatic heterocycles. The first-order valence-corrected chi connectivity index (χ1v) is 12.2. The summed E-state index contributed by atoms with van der Waals surface area (Å²) in [7, 11) is 0. The number of carboxylic acids is 1. The Labute approximate surface area is 190 Å². The number of carbonyl (C=O) groups excluding carboxylic acids is 2. The first kappa shape index (κ1) is 21.8. The van der Waals surface area contributed by atoms with E-state index in [2.05, 4.69) is 15.5 Å². The van der Waals surface area contributed by atoms with Crippen LogP contribution in [0.25, 0.3) is 0 Å². The summed E-state index contributed by atoms with van der Waals surface area (Å²) in [6.45, 7) is 0.304. The Hall–Kier alpha value is -2.41. The van der Waals surface area contributed by atoms with Crippen molar-refractivity contribution in [1.29, 1.82) is 0 Å². The molecule has 1 unspecified atom stereocenters. The Morgan fingerprint density at radius 2 is 2.06 bits per heavy atom. The Morgan fingerprint density at radius 1 is 1.29 bits per heavy atom. The maximum absolute atomic E-state index is 12.7. The summed E-state index contributed by atoms with van der Waals surface area (Å²) in [6, 6.07) is 8.52. The molecule has 3 heterocycles. The summed E-state index contributed by atoms with van der Waals surface area (Å²) in [6.07, 6.45) is 0.165. The Bertz CT molecular complexity index is 1040. The van der Waals surface area contributed by atoms with E-state index in [1.54, 1.807) is 0 Å². The van der Waals surface area contributed by atoms with Crippen molar-refractivity contribution in [1.82, 2.24) is 20.4 Å². The van der Waals surface area contributed by atoms with Crippen LogP contribution < -0.4 is 11.1 Å². The van der Waals surface area contributed by atoms with E-state index in [4.69, 9.17) is 5.73 Å². The molecule has 0 radical (unpaired) electrons. The van der Waals surface area contributed by atoms with Crippen molar-refractivity contribution in [3.05, 3.63) is 52.2 Å². The van der Waals surface area contributed by atoms with Gasteiger partial charge in [0.25, 0.3) is 5.91 Å². The lowest BCUT2D eigenvalue weighted by Gasteiger charge is -2.49. The molecule has 4 N–H and O–H groups in total. The molecule has 0 saturated carbocycles. The number of nitrogens with zero attached hydrogens (tertiary/aromatic N) is 3. The molecule has 162 valence electrons. The van der Waals surface area contributed by atoms with Gasteiger partial charge in [-0.3, -0.25) is 14.5 Å². The molecule has 1 aromatic carbocycles. The summed E-state index contributed by atoms with van der Waals surface area (Å²) in [5, 5.41) is 20.8. The lowest BCUT2D eigenvalue weighted by Crippen LogP contribution is -2.70. The van der Waals surface area contributed by atoms with E-state index in [9.17, 15) is 19.5 Å². The number of hydrogen-bond donors (Lipinski definition) is 3. The van der Waals surface area contributed by atoms with Crippen LogP contribution in [0.3, 0.4) is 0 Å². The normalized spacial score (nSPS) is 20.3. The second-order valence-corrected chi connectivity index (χ2v) is 10.2. The zero-order chi connectivity index (χ0) is 22.0. The highest BCUT2D eigenvalue weighted by Crippen LogP contribution is 2.41. The molecule has 2 amide bonds. The maximum atomic E-state index is 12.7. The van der Waals surface area contributed by atoms with E-state index in [0.29, 0.717) is 33.0 Å². The van der Waals surface area contributed by atoms with E-state index >= 15 is 0 Å². The molecule has 31 heavy (non-hydrogen) atoms. The number of nitrogens with two attached hydrogens (primary N) is 1. The van der Waals surface area contributed by atoms with Crippen LogP contribution in [0.5, 0.6) is 0 Å². The van der Waals surface area contributed by atoms with Gasteiger partial charge in [0.1, 0.15) is 22.1 Å². The Balaban J connectivity index is 1.42. The minimum atomic E-state index is -1.15. The van der Waals surface area contributed by atoms with Crippen molar-refractivity contribution in [3.8, 4) is 0 Å². The topological polar surface area (TPSA) is 139 Å². The second-order valence-electron chi connectivity index (χ2n) is 6.83. The van der Waals surface area contributed by atoms with E-state index in [-0.39, 0.29) is 18.0 Å². The van der Waals surface area contributed by atoms with E-state index in [0.717, 1.165) is 5.56 Å². The van der Waals surface area contributed by atoms with Crippen molar-refractivity contribution in [2.75, 3.05) is 11.5 Å². The SMILES string of the molecule is NCc1nnc(SCC2=C(C(=O)O)N3C(=O)C(NC(=O)Cc4ccccc4)[C@@H]3SC2)s1. The summed E-state index contributed by atoms with van der Waals surface area (Å²) in [4.78, 5) is 38.3.